The van der Waals surface area contributed by atoms with Gasteiger partial charge in [0, 0.05) is 6.04 Å². The molecular formula is C17H33N. The second-order valence-electron chi connectivity index (χ2n) is 6.41. The maximum absolute atomic E-state index is 3.93. The highest BCUT2D eigenvalue weighted by atomic mass is 14.9. The quantitative estimate of drug-likeness (QED) is 0.623. The lowest BCUT2D eigenvalue weighted by molar-refractivity contribution is 0.215. The van der Waals surface area contributed by atoms with Crippen LogP contribution in [0, 0.1) is 5.41 Å². The summed E-state index contributed by atoms with van der Waals surface area (Å²) in [5, 5.41) is 3.66. The minimum Gasteiger partial charge on any atom is -0.311 e. The van der Waals surface area contributed by atoms with Crippen molar-refractivity contribution in [2.45, 2.75) is 84.1 Å². The van der Waals surface area contributed by atoms with E-state index in [-0.39, 0.29) is 0 Å². The van der Waals surface area contributed by atoms with E-state index < -0.39 is 0 Å². The van der Waals surface area contributed by atoms with Crippen molar-refractivity contribution in [3.63, 3.8) is 0 Å². The van der Waals surface area contributed by atoms with Crippen LogP contribution in [0.5, 0.6) is 0 Å². The standard InChI is InChI=1S/C17H33N/c1-4-11-16(5-2)18-15-14-17(3)12-9-7-6-8-10-13-17/h5,16,18H,2,4,6-15H2,1,3H3. The summed E-state index contributed by atoms with van der Waals surface area (Å²) in [5.74, 6) is 0. The van der Waals surface area contributed by atoms with Crippen molar-refractivity contribution in [2.24, 2.45) is 5.41 Å². The van der Waals surface area contributed by atoms with Gasteiger partial charge in [0.2, 0.25) is 0 Å². The maximum Gasteiger partial charge on any atom is 0.0247 e. The summed E-state index contributed by atoms with van der Waals surface area (Å²) in [6, 6.07) is 0.521. The largest absolute Gasteiger partial charge is 0.311 e. The average molecular weight is 251 g/mol. The van der Waals surface area contributed by atoms with Crippen molar-refractivity contribution in [1.29, 1.82) is 0 Å². The molecule has 0 spiro atoms. The van der Waals surface area contributed by atoms with Gasteiger partial charge in [0.1, 0.15) is 0 Å². The van der Waals surface area contributed by atoms with Crippen molar-refractivity contribution in [3.05, 3.63) is 12.7 Å². The first kappa shape index (κ1) is 15.8. The molecule has 106 valence electrons. The van der Waals surface area contributed by atoms with Crippen molar-refractivity contribution < 1.29 is 0 Å². The Bertz CT molecular complexity index is 214. The number of hydrogen-bond acceptors (Lipinski definition) is 1. The van der Waals surface area contributed by atoms with Crippen LogP contribution in [0.25, 0.3) is 0 Å². The fourth-order valence-electron chi connectivity index (χ4n) is 3.18. The third kappa shape index (κ3) is 6.04. The van der Waals surface area contributed by atoms with Gasteiger partial charge in [-0.3, -0.25) is 0 Å². The van der Waals surface area contributed by atoms with Crippen LogP contribution in [-0.4, -0.2) is 12.6 Å². The summed E-state index contributed by atoms with van der Waals surface area (Å²) in [6.07, 6.45) is 16.0. The maximum atomic E-state index is 3.93. The van der Waals surface area contributed by atoms with Crippen LogP contribution in [0.15, 0.2) is 12.7 Å². The Balaban J connectivity index is 2.28. The smallest absolute Gasteiger partial charge is 0.0247 e. The Kier molecular flexibility index (Phi) is 7.65. The molecular weight excluding hydrogens is 218 g/mol. The highest BCUT2D eigenvalue weighted by Gasteiger charge is 2.24. The predicted molar refractivity (Wildman–Crippen MR) is 81.9 cm³/mol. The SMILES string of the molecule is C=CC(CCC)NCCC1(C)CCCCCCC1. The molecule has 1 fully saturated rings. The monoisotopic (exact) mass is 251 g/mol. The van der Waals surface area contributed by atoms with Gasteiger partial charge in [-0.2, -0.15) is 0 Å². The van der Waals surface area contributed by atoms with Crippen molar-refractivity contribution in [1.82, 2.24) is 5.32 Å². The van der Waals surface area contributed by atoms with Gasteiger partial charge in [0.25, 0.3) is 0 Å². The van der Waals surface area contributed by atoms with Gasteiger partial charge < -0.3 is 5.32 Å². The molecule has 1 aliphatic rings. The molecule has 0 bridgehead atoms. The zero-order valence-corrected chi connectivity index (χ0v) is 12.6. The molecule has 0 saturated heterocycles. The van der Waals surface area contributed by atoms with E-state index in [1.165, 1.54) is 64.2 Å². The molecule has 0 aromatic carbocycles. The van der Waals surface area contributed by atoms with E-state index in [0.717, 1.165) is 6.54 Å². The Morgan fingerprint density at radius 2 is 1.78 bits per heavy atom. The second kappa shape index (κ2) is 8.74. The van der Waals surface area contributed by atoms with Crippen LogP contribution in [0.4, 0.5) is 0 Å². The zero-order valence-electron chi connectivity index (χ0n) is 12.6. The van der Waals surface area contributed by atoms with E-state index in [1.807, 2.05) is 0 Å². The third-order valence-corrected chi connectivity index (χ3v) is 4.58. The fourth-order valence-corrected chi connectivity index (χ4v) is 3.18. The first-order chi connectivity index (χ1) is 8.70. The lowest BCUT2D eigenvalue weighted by Crippen LogP contribution is -2.31. The first-order valence-corrected chi connectivity index (χ1v) is 8.06. The van der Waals surface area contributed by atoms with E-state index in [4.69, 9.17) is 0 Å². The molecule has 1 saturated carbocycles. The van der Waals surface area contributed by atoms with Crippen LogP contribution in [0.3, 0.4) is 0 Å². The molecule has 0 radical (unpaired) electrons. The van der Waals surface area contributed by atoms with E-state index in [2.05, 4.69) is 31.8 Å². The summed E-state index contributed by atoms with van der Waals surface area (Å²) >= 11 is 0. The zero-order chi connectivity index (χ0) is 13.3. The first-order valence-electron chi connectivity index (χ1n) is 8.06. The van der Waals surface area contributed by atoms with Crippen LogP contribution in [-0.2, 0) is 0 Å². The van der Waals surface area contributed by atoms with Gasteiger partial charge in [-0.15, -0.1) is 6.58 Å². The topological polar surface area (TPSA) is 12.0 Å². The van der Waals surface area contributed by atoms with Crippen LogP contribution in [0.2, 0.25) is 0 Å². The molecule has 0 aromatic rings. The molecule has 1 atom stereocenters. The molecule has 1 rings (SSSR count). The molecule has 0 aromatic heterocycles. The molecule has 0 aliphatic heterocycles. The van der Waals surface area contributed by atoms with E-state index in [0.29, 0.717) is 11.5 Å². The Labute approximate surface area is 114 Å². The number of hydrogen-bond donors (Lipinski definition) is 1. The summed E-state index contributed by atoms with van der Waals surface area (Å²) in [5.41, 5.74) is 0.589. The molecule has 18 heavy (non-hydrogen) atoms. The van der Waals surface area contributed by atoms with E-state index in [9.17, 15) is 0 Å². The number of rotatable bonds is 7. The summed E-state index contributed by atoms with van der Waals surface area (Å²) < 4.78 is 0. The Hall–Kier alpha value is -0.300. The normalized spacial score (nSPS) is 21.9. The molecule has 1 aliphatic carbocycles. The minimum atomic E-state index is 0.521. The van der Waals surface area contributed by atoms with E-state index >= 15 is 0 Å². The summed E-state index contributed by atoms with van der Waals surface area (Å²) in [6.45, 7) is 9.83. The van der Waals surface area contributed by atoms with Crippen molar-refractivity contribution >= 4 is 0 Å². The van der Waals surface area contributed by atoms with Gasteiger partial charge in [-0.25, -0.2) is 0 Å². The highest BCUT2D eigenvalue weighted by molar-refractivity contribution is 4.86. The molecule has 0 heterocycles. The minimum absolute atomic E-state index is 0.521. The Morgan fingerprint density at radius 1 is 1.17 bits per heavy atom. The summed E-state index contributed by atoms with van der Waals surface area (Å²) in [7, 11) is 0. The van der Waals surface area contributed by atoms with E-state index in [1.54, 1.807) is 0 Å². The van der Waals surface area contributed by atoms with Gasteiger partial charge in [-0.05, 0) is 37.6 Å². The Morgan fingerprint density at radius 3 is 2.33 bits per heavy atom. The molecule has 0 amide bonds. The number of nitrogens with one attached hydrogen (secondary N) is 1. The van der Waals surface area contributed by atoms with Crippen molar-refractivity contribution in [3.8, 4) is 0 Å². The van der Waals surface area contributed by atoms with Gasteiger partial charge >= 0.3 is 0 Å². The lowest BCUT2D eigenvalue weighted by atomic mass is 9.75. The van der Waals surface area contributed by atoms with Crippen LogP contribution >= 0.6 is 0 Å². The van der Waals surface area contributed by atoms with Crippen LogP contribution in [0.1, 0.15) is 78.1 Å². The third-order valence-electron chi connectivity index (χ3n) is 4.58. The molecule has 1 unspecified atom stereocenters. The van der Waals surface area contributed by atoms with Crippen LogP contribution < -0.4 is 5.32 Å². The van der Waals surface area contributed by atoms with Crippen molar-refractivity contribution in [2.75, 3.05) is 6.54 Å². The molecule has 1 nitrogen and oxygen atoms in total. The highest BCUT2D eigenvalue weighted by Crippen LogP contribution is 2.36. The summed E-state index contributed by atoms with van der Waals surface area (Å²) in [4.78, 5) is 0. The molecule has 1 N–H and O–H groups in total. The second-order valence-corrected chi connectivity index (χ2v) is 6.41. The van der Waals surface area contributed by atoms with Gasteiger partial charge in [0.05, 0.1) is 0 Å². The van der Waals surface area contributed by atoms with Gasteiger partial charge in [0.15, 0.2) is 0 Å². The average Bonchev–Trinajstić information content (AvgIpc) is 2.33. The molecule has 1 heteroatoms. The lowest BCUT2D eigenvalue weighted by Gasteiger charge is -2.32. The predicted octanol–water partition coefficient (Wildman–Crippen LogP) is 5.07. The fraction of sp³-hybridized carbons (Fsp3) is 0.882. The van der Waals surface area contributed by atoms with Gasteiger partial charge in [-0.1, -0.05) is 58.4 Å².